The van der Waals surface area contributed by atoms with Crippen LogP contribution >= 0.6 is 15.9 Å². The number of H-pyrrole nitrogens is 1. The molecule has 1 aliphatic rings. The van der Waals surface area contributed by atoms with Crippen LogP contribution < -0.4 is 10.5 Å². The number of hydrogen-bond acceptors (Lipinski definition) is 4. The molecule has 1 fully saturated rings. The predicted octanol–water partition coefficient (Wildman–Crippen LogP) is 1.45. The summed E-state index contributed by atoms with van der Waals surface area (Å²) < 4.78 is 0.533. The third-order valence-electron chi connectivity index (χ3n) is 3.57. The van der Waals surface area contributed by atoms with Crippen molar-refractivity contribution in [2.75, 3.05) is 31.1 Å². The molecule has 0 saturated carbocycles. The fourth-order valence-electron chi connectivity index (χ4n) is 2.57. The number of aromatic amines is 1. The zero-order valence-electron chi connectivity index (χ0n) is 10.8. The molecule has 100 valence electrons. The number of hydrogen-bond donors (Lipinski definition) is 1. The van der Waals surface area contributed by atoms with Gasteiger partial charge in [0.15, 0.2) is 0 Å². The van der Waals surface area contributed by atoms with Crippen molar-refractivity contribution in [1.29, 1.82) is 0 Å². The fourth-order valence-corrected chi connectivity index (χ4v) is 3.03. The Morgan fingerprint density at radius 1 is 1.56 bits per heavy atom. The highest BCUT2D eigenvalue weighted by atomic mass is 79.9. The monoisotopic (exact) mass is 314 g/mol. The first-order chi connectivity index (χ1) is 8.67. The second kappa shape index (κ2) is 5.84. The standard InChI is InChI=1S/C12H19BrN4O/c1-3-16(4-2)9-5-6-17(7-9)11-10(13)12(18)15-8-14-11/h8-9H,3-7H2,1-2H3,(H,14,15,18). The van der Waals surface area contributed by atoms with Crippen molar-refractivity contribution in [2.45, 2.75) is 26.3 Å². The molecule has 0 amide bonds. The lowest BCUT2D eigenvalue weighted by molar-refractivity contribution is 0.232. The molecule has 1 aliphatic heterocycles. The van der Waals surface area contributed by atoms with Gasteiger partial charge in [-0.05, 0) is 35.4 Å². The maximum atomic E-state index is 11.5. The average Bonchev–Trinajstić information content (AvgIpc) is 2.84. The van der Waals surface area contributed by atoms with Crippen molar-refractivity contribution >= 4 is 21.7 Å². The first kappa shape index (κ1) is 13.5. The minimum atomic E-state index is -0.119. The van der Waals surface area contributed by atoms with E-state index in [1.165, 1.54) is 6.33 Å². The molecular weight excluding hydrogens is 296 g/mol. The van der Waals surface area contributed by atoms with Gasteiger partial charge in [-0.2, -0.15) is 0 Å². The molecule has 1 aromatic rings. The normalized spacial score (nSPS) is 19.8. The van der Waals surface area contributed by atoms with Crippen molar-refractivity contribution < 1.29 is 0 Å². The summed E-state index contributed by atoms with van der Waals surface area (Å²) in [5.74, 6) is 0.758. The molecule has 1 N–H and O–H groups in total. The first-order valence-corrected chi connectivity index (χ1v) is 7.18. The van der Waals surface area contributed by atoms with E-state index in [0.717, 1.165) is 38.4 Å². The second-order valence-electron chi connectivity index (χ2n) is 4.48. The van der Waals surface area contributed by atoms with Crippen molar-refractivity contribution in [3.05, 3.63) is 21.2 Å². The van der Waals surface area contributed by atoms with E-state index in [4.69, 9.17) is 0 Å². The lowest BCUT2D eigenvalue weighted by Gasteiger charge is -2.26. The van der Waals surface area contributed by atoms with Crippen LogP contribution in [0.15, 0.2) is 15.6 Å². The lowest BCUT2D eigenvalue weighted by atomic mass is 10.2. The van der Waals surface area contributed by atoms with Gasteiger partial charge in [0, 0.05) is 19.1 Å². The van der Waals surface area contributed by atoms with Crippen molar-refractivity contribution in [3.8, 4) is 0 Å². The predicted molar refractivity (Wildman–Crippen MR) is 76.1 cm³/mol. The summed E-state index contributed by atoms with van der Waals surface area (Å²) in [5.41, 5.74) is -0.119. The maximum absolute atomic E-state index is 11.5. The quantitative estimate of drug-likeness (QED) is 0.914. The highest BCUT2D eigenvalue weighted by molar-refractivity contribution is 9.10. The smallest absolute Gasteiger partial charge is 0.267 e. The lowest BCUT2D eigenvalue weighted by Crippen LogP contribution is -2.37. The molecule has 5 nitrogen and oxygen atoms in total. The van der Waals surface area contributed by atoms with Crippen LogP contribution in [0.4, 0.5) is 5.82 Å². The van der Waals surface area contributed by atoms with E-state index >= 15 is 0 Å². The minimum absolute atomic E-state index is 0.119. The molecule has 2 rings (SSSR count). The molecule has 0 bridgehead atoms. The third kappa shape index (κ3) is 2.59. The number of likely N-dealkylation sites (N-methyl/N-ethyl adjacent to an activating group) is 1. The zero-order valence-corrected chi connectivity index (χ0v) is 12.4. The minimum Gasteiger partial charge on any atom is -0.354 e. The van der Waals surface area contributed by atoms with Crippen LogP contribution in [0.2, 0.25) is 0 Å². The SMILES string of the molecule is CCN(CC)C1CCN(c2nc[nH]c(=O)c2Br)C1. The Hall–Kier alpha value is -0.880. The van der Waals surface area contributed by atoms with Gasteiger partial charge >= 0.3 is 0 Å². The molecule has 2 heterocycles. The molecule has 1 atom stereocenters. The maximum Gasteiger partial charge on any atom is 0.267 e. The van der Waals surface area contributed by atoms with Crippen molar-refractivity contribution in [1.82, 2.24) is 14.9 Å². The van der Waals surface area contributed by atoms with E-state index in [9.17, 15) is 4.79 Å². The van der Waals surface area contributed by atoms with E-state index in [1.54, 1.807) is 0 Å². The fraction of sp³-hybridized carbons (Fsp3) is 0.667. The van der Waals surface area contributed by atoms with Crippen molar-refractivity contribution in [2.24, 2.45) is 0 Å². The molecular formula is C12H19BrN4O. The summed E-state index contributed by atoms with van der Waals surface area (Å²) in [6.07, 6.45) is 2.59. The topological polar surface area (TPSA) is 52.2 Å². The van der Waals surface area contributed by atoms with Gasteiger partial charge in [-0.25, -0.2) is 4.98 Å². The van der Waals surface area contributed by atoms with Crippen LogP contribution in [-0.2, 0) is 0 Å². The van der Waals surface area contributed by atoms with Crippen LogP contribution in [0.25, 0.3) is 0 Å². The summed E-state index contributed by atoms with van der Waals surface area (Å²) in [7, 11) is 0. The third-order valence-corrected chi connectivity index (χ3v) is 4.28. The Bertz CT molecular complexity index is 458. The van der Waals surface area contributed by atoms with Crippen LogP contribution in [0.3, 0.4) is 0 Å². The highest BCUT2D eigenvalue weighted by Crippen LogP contribution is 2.25. The van der Waals surface area contributed by atoms with Gasteiger partial charge in [0.2, 0.25) is 0 Å². The molecule has 0 spiro atoms. The van der Waals surface area contributed by atoms with E-state index in [2.05, 4.69) is 49.5 Å². The van der Waals surface area contributed by atoms with Crippen LogP contribution in [0, 0.1) is 0 Å². The molecule has 18 heavy (non-hydrogen) atoms. The summed E-state index contributed by atoms with van der Waals surface area (Å²) in [6, 6.07) is 0.563. The first-order valence-electron chi connectivity index (χ1n) is 6.39. The van der Waals surface area contributed by atoms with Gasteiger partial charge in [0.05, 0.1) is 6.33 Å². The van der Waals surface area contributed by atoms with Gasteiger partial charge in [0.1, 0.15) is 10.3 Å². The second-order valence-corrected chi connectivity index (χ2v) is 5.27. The molecule has 1 unspecified atom stereocenters. The molecule has 0 radical (unpaired) electrons. The number of rotatable bonds is 4. The Balaban J connectivity index is 2.13. The van der Waals surface area contributed by atoms with Crippen LogP contribution in [0.5, 0.6) is 0 Å². The average molecular weight is 315 g/mol. The van der Waals surface area contributed by atoms with E-state index < -0.39 is 0 Å². The zero-order chi connectivity index (χ0) is 13.1. The molecule has 1 saturated heterocycles. The number of nitrogens with one attached hydrogen (secondary N) is 1. The molecule has 0 aromatic carbocycles. The van der Waals surface area contributed by atoms with Crippen molar-refractivity contribution in [3.63, 3.8) is 0 Å². The summed E-state index contributed by atoms with van der Waals surface area (Å²) in [5, 5.41) is 0. The highest BCUT2D eigenvalue weighted by Gasteiger charge is 2.28. The van der Waals surface area contributed by atoms with Crippen LogP contribution in [0.1, 0.15) is 20.3 Å². The molecule has 0 aliphatic carbocycles. The molecule has 6 heteroatoms. The van der Waals surface area contributed by atoms with Crippen LogP contribution in [-0.4, -0.2) is 47.1 Å². The van der Waals surface area contributed by atoms with Gasteiger partial charge in [0.25, 0.3) is 5.56 Å². The van der Waals surface area contributed by atoms with Gasteiger partial charge < -0.3 is 9.88 Å². The van der Waals surface area contributed by atoms with Gasteiger partial charge in [-0.1, -0.05) is 13.8 Å². The number of anilines is 1. The summed E-state index contributed by atoms with van der Waals surface area (Å²) in [4.78, 5) is 23.0. The largest absolute Gasteiger partial charge is 0.354 e. The Kier molecular flexibility index (Phi) is 4.40. The van der Waals surface area contributed by atoms with Gasteiger partial charge in [-0.3, -0.25) is 9.69 Å². The van der Waals surface area contributed by atoms with Gasteiger partial charge in [-0.15, -0.1) is 0 Å². The molecule has 1 aromatic heterocycles. The van der Waals surface area contributed by atoms with E-state index in [1.807, 2.05) is 0 Å². The number of halogens is 1. The number of nitrogens with zero attached hydrogens (tertiary/aromatic N) is 3. The summed E-state index contributed by atoms with van der Waals surface area (Å²) in [6.45, 7) is 8.41. The Labute approximate surface area is 115 Å². The Morgan fingerprint density at radius 3 is 2.94 bits per heavy atom. The van der Waals surface area contributed by atoms with E-state index in [0.29, 0.717) is 10.5 Å². The van der Waals surface area contributed by atoms with E-state index in [-0.39, 0.29) is 5.56 Å². The summed E-state index contributed by atoms with van der Waals surface area (Å²) >= 11 is 3.32. The Morgan fingerprint density at radius 2 is 2.28 bits per heavy atom. The number of aromatic nitrogens is 2.